The van der Waals surface area contributed by atoms with Crippen molar-refractivity contribution in [3.63, 3.8) is 0 Å². The number of likely N-dealkylation sites (N-methyl/N-ethyl adjacent to an activating group) is 1. The van der Waals surface area contributed by atoms with E-state index in [0.29, 0.717) is 32.6 Å². The van der Waals surface area contributed by atoms with E-state index in [9.17, 15) is 15.0 Å². The van der Waals surface area contributed by atoms with Crippen molar-refractivity contribution in [3.05, 3.63) is 0 Å². The highest BCUT2D eigenvalue weighted by atomic mass is 16.3. The first-order valence-corrected chi connectivity index (χ1v) is 29.5. The van der Waals surface area contributed by atoms with Gasteiger partial charge in [-0.15, -0.1) is 0 Å². The number of carbonyl (C=O) groups is 1. The number of nitrogens with zero attached hydrogens (tertiary/aromatic N) is 2. The zero-order chi connectivity index (χ0) is 47.4. The average molecular weight is 923 g/mol. The van der Waals surface area contributed by atoms with Crippen LogP contribution < -0.4 is 16.0 Å². The maximum absolute atomic E-state index is 12.5. The van der Waals surface area contributed by atoms with Gasteiger partial charge < -0.3 is 36.0 Å². The van der Waals surface area contributed by atoms with Gasteiger partial charge in [0.2, 0.25) is 5.91 Å². The van der Waals surface area contributed by atoms with Gasteiger partial charge in [-0.2, -0.15) is 0 Å². The molecule has 0 aromatic heterocycles. The fourth-order valence-corrected chi connectivity index (χ4v) is 9.40. The number of rotatable bonds is 56. The fourth-order valence-electron chi connectivity index (χ4n) is 9.40. The summed E-state index contributed by atoms with van der Waals surface area (Å²) >= 11 is 0. The van der Waals surface area contributed by atoms with Crippen LogP contribution in [0.2, 0.25) is 0 Å². The summed E-state index contributed by atoms with van der Waals surface area (Å²) in [5, 5.41) is 31.7. The molecule has 8 nitrogen and oxygen atoms in total. The van der Waals surface area contributed by atoms with Gasteiger partial charge in [-0.05, 0) is 64.8 Å². The van der Waals surface area contributed by atoms with Crippen LogP contribution >= 0.6 is 0 Å². The molecule has 2 unspecified atom stereocenters. The van der Waals surface area contributed by atoms with Gasteiger partial charge in [0.25, 0.3) is 0 Å². The minimum absolute atomic E-state index is 0.116. The van der Waals surface area contributed by atoms with E-state index in [1.807, 2.05) is 0 Å². The monoisotopic (exact) mass is 922 g/mol. The van der Waals surface area contributed by atoms with Crippen molar-refractivity contribution in [2.24, 2.45) is 0 Å². The van der Waals surface area contributed by atoms with E-state index in [1.165, 1.54) is 225 Å². The van der Waals surface area contributed by atoms with Crippen molar-refractivity contribution in [3.8, 4) is 0 Å². The molecule has 0 aromatic carbocycles. The van der Waals surface area contributed by atoms with Crippen LogP contribution in [0.5, 0.6) is 0 Å². The van der Waals surface area contributed by atoms with Gasteiger partial charge in [0, 0.05) is 45.7 Å². The Bertz CT molecular complexity index is 912. The molecule has 65 heavy (non-hydrogen) atoms. The normalized spacial score (nSPS) is 12.8. The zero-order valence-corrected chi connectivity index (χ0v) is 44.7. The molecule has 0 bridgehead atoms. The van der Waals surface area contributed by atoms with E-state index in [-0.39, 0.29) is 12.0 Å². The predicted molar refractivity (Wildman–Crippen MR) is 286 cm³/mol. The predicted octanol–water partition coefficient (Wildman–Crippen LogP) is 13.9. The number of hydrogen-bond donors (Lipinski definition) is 5. The third-order valence-corrected chi connectivity index (χ3v) is 13.7. The van der Waals surface area contributed by atoms with Crippen LogP contribution in [-0.2, 0) is 4.79 Å². The van der Waals surface area contributed by atoms with Crippen LogP contribution in [0, 0.1) is 0 Å². The molecule has 8 heteroatoms. The van der Waals surface area contributed by atoms with Crippen molar-refractivity contribution < 1.29 is 15.0 Å². The molecule has 0 spiro atoms. The van der Waals surface area contributed by atoms with E-state index >= 15 is 0 Å². The minimum atomic E-state index is -0.444. The molecule has 0 aliphatic heterocycles. The number of hydrogen-bond acceptors (Lipinski definition) is 7. The molecular formula is C57H119N5O3. The van der Waals surface area contributed by atoms with Gasteiger partial charge in [-0.1, -0.05) is 240 Å². The maximum Gasteiger partial charge on any atom is 0.221 e. The number of aliphatic hydroxyl groups is 2. The molecule has 0 rings (SSSR count). The molecule has 390 valence electrons. The summed E-state index contributed by atoms with van der Waals surface area (Å²) in [4.78, 5) is 17.5. The lowest BCUT2D eigenvalue weighted by atomic mass is 10.1. The summed E-state index contributed by atoms with van der Waals surface area (Å²) in [6.45, 7) is 18.0. The lowest BCUT2D eigenvalue weighted by Gasteiger charge is -2.27. The van der Waals surface area contributed by atoms with Gasteiger partial charge in [0.15, 0.2) is 0 Å². The topological polar surface area (TPSA) is 100 Å². The Morgan fingerprint density at radius 1 is 0.369 bits per heavy atom. The Hall–Kier alpha value is -0.770. The number of carbonyl (C=O) groups excluding carboxylic acids is 1. The Morgan fingerprint density at radius 3 is 0.969 bits per heavy atom. The third kappa shape index (κ3) is 50.9. The first-order valence-electron chi connectivity index (χ1n) is 29.5. The van der Waals surface area contributed by atoms with Crippen molar-refractivity contribution >= 4 is 5.91 Å². The minimum Gasteiger partial charge on any atom is -0.390 e. The van der Waals surface area contributed by atoms with Crippen LogP contribution in [0.15, 0.2) is 0 Å². The summed E-state index contributed by atoms with van der Waals surface area (Å²) in [6.07, 6.45) is 50.5. The lowest BCUT2D eigenvalue weighted by molar-refractivity contribution is -0.121. The molecule has 0 aliphatic carbocycles. The van der Waals surface area contributed by atoms with Crippen molar-refractivity contribution in [1.82, 2.24) is 25.8 Å². The van der Waals surface area contributed by atoms with Crippen LogP contribution in [0.25, 0.3) is 0 Å². The molecule has 0 heterocycles. The van der Waals surface area contributed by atoms with E-state index in [4.69, 9.17) is 0 Å². The standard InChI is InChI=1S/C57H119N5O3/c1-5-9-12-15-18-21-24-27-30-33-36-39-45-60-57(65)44-46-59-52-56(64)54-62(48-41-38-35-32-29-26-23-20-17-14-11-7-3)50-43-42-49-61(53-55(63)51-58-8-4)47-40-37-34-31-28-25-22-19-16-13-10-6-2/h55-56,58-59,63-64H,5-54H2,1-4H3,(H,60,65). The first-order chi connectivity index (χ1) is 32.0. The third-order valence-electron chi connectivity index (χ3n) is 13.7. The van der Waals surface area contributed by atoms with Crippen LogP contribution in [0.4, 0.5) is 0 Å². The molecule has 5 N–H and O–H groups in total. The quantitative estimate of drug-likeness (QED) is 0.0388. The van der Waals surface area contributed by atoms with E-state index in [1.54, 1.807) is 0 Å². The van der Waals surface area contributed by atoms with Gasteiger partial charge in [0.05, 0.1) is 12.2 Å². The van der Waals surface area contributed by atoms with Crippen LogP contribution in [0.3, 0.4) is 0 Å². The van der Waals surface area contributed by atoms with Crippen LogP contribution in [-0.4, -0.2) is 110 Å². The fraction of sp³-hybridized carbons (Fsp3) is 0.982. The molecule has 0 saturated heterocycles. The van der Waals surface area contributed by atoms with E-state index < -0.39 is 6.10 Å². The number of nitrogens with one attached hydrogen (secondary N) is 3. The average Bonchev–Trinajstić information content (AvgIpc) is 3.30. The van der Waals surface area contributed by atoms with Crippen molar-refractivity contribution in [2.75, 3.05) is 72.0 Å². The second kappa shape index (κ2) is 54.2. The lowest BCUT2D eigenvalue weighted by Crippen LogP contribution is -2.41. The Morgan fingerprint density at radius 2 is 0.646 bits per heavy atom. The highest BCUT2D eigenvalue weighted by Gasteiger charge is 2.15. The van der Waals surface area contributed by atoms with Crippen molar-refractivity contribution in [1.29, 1.82) is 0 Å². The summed E-state index contributed by atoms with van der Waals surface area (Å²) in [7, 11) is 0. The molecule has 0 aliphatic rings. The first kappa shape index (κ1) is 64.2. The van der Waals surface area contributed by atoms with Gasteiger partial charge in [-0.25, -0.2) is 0 Å². The van der Waals surface area contributed by atoms with Gasteiger partial charge in [-0.3, -0.25) is 4.79 Å². The second-order valence-electron chi connectivity index (χ2n) is 20.4. The molecule has 0 aromatic rings. The molecule has 0 fully saturated rings. The largest absolute Gasteiger partial charge is 0.390 e. The highest BCUT2D eigenvalue weighted by Crippen LogP contribution is 2.15. The summed E-state index contributed by atoms with van der Waals surface area (Å²) in [5.41, 5.74) is 0. The molecule has 1 amide bonds. The Balaban J connectivity index is 4.65. The maximum atomic E-state index is 12.5. The summed E-state index contributed by atoms with van der Waals surface area (Å²) < 4.78 is 0. The zero-order valence-electron chi connectivity index (χ0n) is 44.7. The van der Waals surface area contributed by atoms with Crippen LogP contribution in [0.1, 0.15) is 278 Å². The van der Waals surface area contributed by atoms with E-state index in [2.05, 4.69) is 53.4 Å². The SMILES string of the molecule is CCCCCCCCCCCCCCNC(=O)CCNCC(O)CN(CCCCCCCCCCCCCC)CCCCN(CCCCCCCCCCCCCC)CC(O)CNCC. The second-order valence-corrected chi connectivity index (χ2v) is 20.4. The number of unbranched alkanes of at least 4 members (excludes halogenated alkanes) is 34. The number of aliphatic hydroxyl groups excluding tert-OH is 2. The Kier molecular flexibility index (Phi) is 53.5. The molecule has 0 radical (unpaired) electrons. The highest BCUT2D eigenvalue weighted by molar-refractivity contribution is 5.75. The molecular weight excluding hydrogens is 803 g/mol. The van der Waals surface area contributed by atoms with Gasteiger partial charge in [0.1, 0.15) is 0 Å². The smallest absolute Gasteiger partial charge is 0.221 e. The van der Waals surface area contributed by atoms with Gasteiger partial charge >= 0.3 is 0 Å². The van der Waals surface area contributed by atoms with E-state index in [0.717, 1.165) is 65.1 Å². The summed E-state index contributed by atoms with van der Waals surface area (Å²) in [5.74, 6) is 0.116. The number of amides is 1. The molecule has 0 saturated carbocycles. The molecule has 2 atom stereocenters. The van der Waals surface area contributed by atoms with Crippen molar-refractivity contribution in [2.45, 2.75) is 290 Å². The Labute approximate surface area is 407 Å². The summed E-state index contributed by atoms with van der Waals surface area (Å²) in [6, 6.07) is 0.